The lowest BCUT2D eigenvalue weighted by Crippen LogP contribution is -2.18. The average molecular weight is 291 g/mol. The average Bonchev–Trinajstić information content (AvgIpc) is 2.54. The number of hydrogen-bond donors (Lipinski definition) is 1. The van der Waals surface area contributed by atoms with E-state index in [0.29, 0.717) is 23.6 Å². The predicted octanol–water partition coefficient (Wildman–Crippen LogP) is 2.62. The molecule has 1 aromatic rings. The van der Waals surface area contributed by atoms with Crippen LogP contribution >= 0.6 is 0 Å². The Morgan fingerprint density at radius 1 is 1.24 bits per heavy atom. The summed E-state index contributed by atoms with van der Waals surface area (Å²) in [7, 11) is 1.34. The Morgan fingerprint density at radius 2 is 1.90 bits per heavy atom. The Hall–Kier alpha value is -1.88. The van der Waals surface area contributed by atoms with Crippen molar-refractivity contribution in [2.75, 3.05) is 25.6 Å². The summed E-state index contributed by atoms with van der Waals surface area (Å²) in [5.74, 6) is 0.214. The topological polar surface area (TPSA) is 64.6 Å². The van der Waals surface area contributed by atoms with Crippen LogP contribution in [0.15, 0.2) is 24.3 Å². The first kappa shape index (κ1) is 15.5. The van der Waals surface area contributed by atoms with E-state index in [1.165, 1.54) is 7.11 Å². The highest BCUT2D eigenvalue weighted by atomic mass is 16.5. The number of hydrogen-bond acceptors (Lipinski definition) is 4. The van der Waals surface area contributed by atoms with Crippen LogP contribution in [-0.2, 0) is 14.3 Å². The molecule has 1 fully saturated rings. The second-order valence-corrected chi connectivity index (χ2v) is 5.21. The van der Waals surface area contributed by atoms with Crippen molar-refractivity contribution in [1.82, 2.24) is 0 Å². The minimum Gasteiger partial charge on any atom is -0.465 e. The van der Waals surface area contributed by atoms with E-state index in [2.05, 4.69) is 10.1 Å². The standard InChI is InChI=1S/C16H21NO4/c1-20-16(19)13-3-5-14(6-4-13)17-15(18)7-2-12-8-10-21-11-9-12/h3-6,12H,2,7-11H2,1H3,(H,17,18). The number of nitrogens with one attached hydrogen (secondary N) is 1. The first-order valence-corrected chi connectivity index (χ1v) is 7.25. The molecule has 0 spiro atoms. The summed E-state index contributed by atoms with van der Waals surface area (Å²) in [6.07, 6.45) is 3.50. The molecule has 1 aliphatic rings. The zero-order chi connectivity index (χ0) is 15.1. The van der Waals surface area contributed by atoms with Gasteiger partial charge in [-0.15, -0.1) is 0 Å². The van der Waals surface area contributed by atoms with Gasteiger partial charge in [0, 0.05) is 25.3 Å². The molecular weight excluding hydrogens is 270 g/mol. The first-order valence-electron chi connectivity index (χ1n) is 7.25. The molecule has 1 amide bonds. The summed E-state index contributed by atoms with van der Waals surface area (Å²) in [5, 5.41) is 2.84. The van der Waals surface area contributed by atoms with Crippen molar-refractivity contribution in [3.05, 3.63) is 29.8 Å². The summed E-state index contributed by atoms with van der Waals surface area (Å²) >= 11 is 0. The second kappa shape index (κ2) is 7.78. The van der Waals surface area contributed by atoms with Crippen molar-refractivity contribution in [3.63, 3.8) is 0 Å². The molecule has 0 aliphatic carbocycles. The molecule has 1 heterocycles. The van der Waals surface area contributed by atoms with Gasteiger partial charge in [-0.05, 0) is 49.4 Å². The Bertz CT molecular complexity index is 478. The van der Waals surface area contributed by atoms with Gasteiger partial charge in [0.2, 0.25) is 5.91 Å². The number of esters is 1. The van der Waals surface area contributed by atoms with Crippen LogP contribution in [0.1, 0.15) is 36.0 Å². The largest absolute Gasteiger partial charge is 0.465 e. The van der Waals surface area contributed by atoms with Gasteiger partial charge in [0.05, 0.1) is 12.7 Å². The van der Waals surface area contributed by atoms with Crippen molar-refractivity contribution < 1.29 is 19.1 Å². The van der Waals surface area contributed by atoms with Crippen molar-refractivity contribution in [3.8, 4) is 0 Å². The molecule has 0 saturated carbocycles. The molecule has 0 unspecified atom stereocenters. The summed E-state index contributed by atoms with van der Waals surface area (Å²) in [6.45, 7) is 1.61. The molecule has 0 atom stereocenters. The maximum atomic E-state index is 11.9. The normalized spacial score (nSPS) is 15.5. The molecule has 5 nitrogen and oxygen atoms in total. The zero-order valence-corrected chi connectivity index (χ0v) is 12.3. The van der Waals surface area contributed by atoms with Crippen LogP contribution in [-0.4, -0.2) is 32.2 Å². The first-order chi connectivity index (χ1) is 10.2. The molecule has 1 N–H and O–H groups in total. The Kier molecular flexibility index (Phi) is 5.75. The third-order valence-corrected chi connectivity index (χ3v) is 3.71. The van der Waals surface area contributed by atoms with Gasteiger partial charge in [-0.3, -0.25) is 4.79 Å². The third-order valence-electron chi connectivity index (χ3n) is 3.71. The van der Waals surface area contributed by atoms with Crippen LogP contribution in [0.4, 0.5) is 5.69 Å². The summed E-state index contributed by atoms with van der Waals surface area (Å²) in [5.41, 5.74) is 1.16. The maximum absolute atomic E-state index is 11.9. The van der Waals surface area contributed by atoms with Crippen molar-refractivity contribution in [2.45, 2.75) is 25.7 Å². The van der Waals surface area contributed by atoms with Crippen LogP contribution in [0.25, 0.3) is 0 Å². The molecule has 2 rings (SSSR count). The van der Waals surface area contributed by atoms with Crippen LogP contribution in [0.3, 0.4) is 0 Å². The van der Waals surface area contributed by atoms with Crippen LogP contribution in [0.2, 0.25) is 0 Å². The van der Waals surface area contributed by atoms with Gasteiger partial charge in [0.1, 0.15) is 0 Å². The smallest absolute Gasteiger partial charge is 0.337 e. The van der Waals surface area contributed by atoms with E-state index in [1.54, 1.807) is 24.3 Å². The van der Waals surface area contributed by atoms with Gasteiger partial charge in [0.15, 0.2) is 0 Å². The number of ether oxygens (including phenoxy) is 2. The zero-order valence-electron chi connectivity index (χ0n) is 12.3. The lowest BCUT2D eigenvalue weighted by molar-refractivity contribution is -0.116. The van der Waals surface area contributed by atoms with E-state index in [1.807, 2.05) is 0 Å². The number of methoxy groups -OCH3 is 1. The lowest BCUT2D eigenvalue weighted by Gasteiger charge is -2.21. The van der Waals surface area contributed by atoms with Crippen molar-refractivity contribution in [2.24, 2.45) is 5.92 Å². The van der Waals surface area contributed by atoms with Gasteiger partial charge in [-0.2, -0.15) is 0 Å². The number of amides is 1. The minimum atomic E-state index is -0.382. The van der Waals surface area contributed by atoms with Crippen LogP contribution < -0.4 is 5.32 Å². The summed E-state index contributed by atoms with van der Waals surface area (Å²) in [6, 6.07) is 6.69. The molecule has 0 bridgehead atoms. The molecule has 21 heavy (non-hydrogen) atoms. The molecule has 114 valence electrons. The molecule has 0 aromatic heterocycles. The van der Waals surface area contributed by atoms with Crippen LogP contribution in [0.5, 0.6) is 0 Å². The Labute approximate surface area is 124 Å². The van der Waals surface area contributed by atoms with Gasteiger partial charge in [-0.1, -0.05) is 0 Å². The van der Waals surface area contributed by atoms with Gasteiger partial charge in [-0.25, -0.2) is 4.79 Å². The van der Waals surface area contributed by atoms with E-state index in [9.17, 15) is 9.59 Å². The number of anilines is 1. The molecule has 1 aromatic carbocycles. The number of carbonyl (C=O) groups excluding carboxylic acids is 2. The Morgan fingerprint density at radius 3 is 2.52 bits per heavy atom. The fraction of sp³-hybridized carbons (Fsp3) is 0.500. The highest BCUT2D eigenvalue weighted by Gasteiger charge is 2.15. The van der Waals surface area contributed by atoms with E-state index in [-0.39, 0.29) is 11.9 Å². The van der Waals surface area contributed by atoms with Crippen LogP contribution in [0, 0.1) is 5.92 Å². The van der Waals surface area contributed by atoms with Crippen molar-refractivity contribution in [1.29, 1.82) is 0 Å². The third kappa shape index (κ3) is 4.86. The number of rotatable bonds is 5. The molecule has 0 radical (unpaired) electrons. The van der Waals surface area contributed by atoms with Crippen molar-refractivity contribution >= 4 is 17.6 Å². The van der Waals surface area contributed by atoms with E-state index < -0.39 is 0 Å². The minimum absolute atomic E-state index is 0.00677. The van der Waals surface area contributed by atoms with E-state index in [0.717, 1.165) is 32.5 Å². The molecule has 1 saturated heterocycles. The maximum Gasteiger partial charge on any atom is 0.337 e. The summed E-state index contributed by atoms with van der Waals surface area (Å²) < 4.78 is 9.93. The van der Waals surface area contributed by atoms with E-state index in [4.69, 9.17) is 4.74 Å². The highest BCUT2D eigenvalue weighted by molar-refractivity contribution is 5.93. The quantitative estimate of drug-likeness (QED) is 0.847. The van der Waals surface area contributed by atoms with Gasteiger partial charge in [0.25, 0.3) is 0 Å². The second-order valence-electron chi connectivity index (χ2n) is 5.21. The monoisotopic (exact) mass is 291 g/mol. The lowest BCUT2D eigenvalue weighted by atomic mass is 9.95. The SMILES string of the molecule is COC(=O)c1ccc(NC(=O)CCC2CCOCC2)cc1. The highest BCUT2D eigenvalue weighted by Crippen LogP contribution is 2.20. The number of benzene rings is 1. The summed E-state index contributed by atoms with van der Waals surface area (Å²) in [4.78, 5) is 23.2. The van der Waals surface area contributed by atoms with Gasteiger partial charge >= 0.3 is 5.97 Å². The van der Waals surface area contributed by atoms with Gasteiger partial charge < -0.3 is 14.8 Å². The fourth-order valence-electron chi connectivity index (χ4n) is 2.40. The predicted molar refractivity (Wildman–Crippen MR) is 79.2 cm³/mol. The molecule has 1 aliphatic heterocycles. The fourth-order valence-corrected chi connectivity index (χ4v) is 2.40. The van der Waals surface area contributed by atoms with E-state index >= 15 is 0 Å². The Balaban J connectivity index is 1.77. The number of carbonyl (C=O) groups is 2. The molecular formula is C16H21NO4. The molecule has 5 heteroatoms.